The minimum atomic E-state index is -0.492. The van der Waals surface area contributed by atoms with Gasteiger partial charge in [-0.25, -0.2) is 4.79 Å². The van der Waals surface area contributed by atoms with Gasteiger partial charge in [0.05, 0.1) is 11.1 Å². The van der Waals surface area contributed by atoms with Gasteiger partial charge in [-0.1, -0.05) is 0 Å². The van der Waals surface area contributed by atoms with E-state index < -0.39 is 5.60 Å². The van der Waals surface area contributed by atoms with Gasteiger partial charge in [0.15, 0.2) is 0 Å². The number of carbonyl (C=O) groups is 1. The second-order valence-electron chi connectivity index (χ2n) is 9.22. The van der Waals surface area contributed by atoms with Gasteiger partial charge in [-0.2, -0.15) is 5.26 Å². The Balaban J connectivity index is 1.58. The van der Waals surface area contributed by atoms with Crippen LogP contribution < -0.4 is 4.90 Å². The number of rotatable bonds is 1. The number of aromatic nitrogens is 1. The van der Waals surface area contributed by atoms with E-state index in [2.05, 4.69) is 27.8 Å². The number of ether oxygens (including phenoxy) is 1. The number of fused-ring (bicyclic) bond motifs is 2. The van der Waals surface area contributed by atoms with Crippen LogP contribution in [0.15, 0.2) is 30.5 Å². The van der Waals surface area contributed by atoms with Crippen molar-refractivity contribution < 1.29 is 9.53 Å². The zero-order chi connectivity index (χ0) is 21.5. The van der Waals surface area contributed by atoms with Crippen LogP contribution in [0.4, 0.5) is 10.5 Å². The molecule has 2 atom stereocenters. The van der Waals surface area contributed by atoms with E-state index in [0.717, 1.165) is 36.2 Å². The van der Waals surface area contributed by atoms with Gasteiger partial charge in [-0.05, 0) is 52.0 Å². The van der Waals surface area contributed by atoms with E-state index in [1.165, 1.54) is 0 Å². The third-order valence-electron chi connectivity index (χ3n) is 5.87. The number of nitrogens with zero attached hydrogens (tertiary/aromatic N) is 5. The first-order valence-electron chi connectivity index (χ1n) is 10.5. The summed E-state index contributed by atoms with van der Waals surface area (Å²) < 4.78 is 5.59. The Morgan fingerprint density at radius 3 is 2.73 bits per heavy atom. The molecule has 0 saturated carbocycles. The molecule has 0 unspecified atom stereocenters. The van der Waals surface area contributed by atoms with Crippen molar-refractivity contribution in [2.24, 2.45) is 0 Å². The number of hydrogen-bond donors (Lipinski definition) is 0. The molecular formula is C23H29N5O2. The number of pyridine rings is 1. The van der Waals surface area contributed by atoms with Crippen LogP contribution >= 0.6 is 0 Å². The van der Waals surface area contributed by atoms with Crippen molar-refractivity contribution in [1.82, 2.24) is 14.8 Å². The molecule has 1 amide bonds. The number of piperazine rings is 2. The second kappa shape index (κ2) is 7.77. The Morgan fingerprint density at radius 1 is 1.20 bits per heavy atom. The summed E-state index contributed by atoms with van der Waals surface area (Å²) in [5.41, 5.74) is 1.94. The average Bonchev–Trinajstić information content (AvgIpc) is 2.71. The first-order chi connectivity index (χ1) is 14.3. The fourth-order valence-corrected chi connectivity index (χ4v) is 4.58. The quantitative estimate of drug-likeness (QED) is 0.723. The highest BCUT2D eigenvalue weighted by molar-refractivity contribution is 5.95. The van der Waals surface area contributed by atoms with Gasteiger partial charge in [-0.15, -0.1) is 0 Å². The Labute approximate surface area is 177 Å². The molecule has 2 aliphatic heterocycles. The first kappa shape index (κ1) is 20.4. The van der Waals surface area contributed by atoms with E-state index in [9.17, 15) is 10.1 Å². The summed E-state index contributed by atoms with van der Waals surface area (Å²) in [5, 5.41) is 10.4. The van der Waals surface area contributed by atoms with Crippen LogP contribution in [0.1, 0.15) is 33.3 Å². The molecule has 0 spiro atoms. The standard InChI is InChI=1S/C23H29N5O2/c1-16-13-27(20-8-7-17(12-24)21-19(20)6-5-9-25-21)15-18-14-26(10-11-28(16)18)22(29)30-23(2,3)4/h5-9,16,18H,10-11,13-15H2,1-4H3/t16-,18+/m0/s1. The lowest BCUT2D eigenvalue weighted by Crippen LogP contribution is -2.66. The Hall–Kier alpha value is -2.85. The number of carbonyl (C=O) groups excluding carboxylic acids is 1. The summed E-state index contributed by atoms with van der Waals surface area (Å²) in [6, 6.07) is 10.7. The highest BCUT2D eigenvalue weighted by Crippen LogP contribution is 2.32. The average molecular weight is 408 g/mol. The smallest absolute Gasteiger partial charge is 0.410 e. The third-order valence-corrected chi connectivity index (χ3v) is 5.87. The van der Waals surface area contributed by atoms with E-state index in [1.807, 2.05) is 49.9 Å². The number of hydrogen-bond acceptors (Lipinski definition) is 6. The maximum absolute atomic E-state index is 12.6. The van der Waals surface area contributed by atoms with E-state index in [4.69, 9.17) is 4.74 Å². The molecule has 7 heteroatoms. The normalized spacial score (nSPS) is 22.5. The van der Waals surface area contributed by atoms with Gasteiger partial charge >= 0.3 is 6.09 Å². The van der Waals surface area contributed by atoms with Crippen molar-refractivity contribution in [3.05, 3.63) is 36.0 Å². The maximum atomic E-state index is 12.6. The summed E-state index contributed by atoms with van der Waals surface area (Å²) in [6.07, 6.45) is 1.49. The molecule has 30 heavy (non-hydrogen) atoms. The molecule has 2 saturated heterocycles. The van der Waals surface area contributed by atoms with Crippen LogP contribution in [0, 0.1) is 11.3 Å². The Kier molecular flexibility index (Phi) is 5.29. The van der Waals surface area contributed by atoms with Gasteiger partial charge in [0.25, 0.3) is 0 Å². The molecular weight excluding hydrogens is 378 g/mol. The Morgan fingerprint density at radius 2 is 2.00 bits per heavy atom. The molecule has 0 bridgehead atoms. The van der Waals surface area contributed by atoms with Crippen molar-refractivity contribution in [3.63, 3.8) is 0 Å². The Bertz CT molecular complexity index is 993. The van der Waals surface area contributed by atoms with E-state index in [1.54, 1.807) is 6.20 Å². The summed E-state index contributed by atoms with van der Waals surface area (Å²) in [7, 11) is 0. The van der Waals surface area contributed by atoms with Gasteiger partial charge < -0.3 is 14.5 Å². The highest BCUT2D eigenvalue weighted by atomic mass is 16.6. The zero-order valence-corrected chi connectivity index (χ0v) is 18.1. The number of amides is 1. The predicted octanol–water partition coefficient (Wildman–Crippen LogP) is 3.24. The van der Waals surface area contributed by atoms with Gasteiger partial charge in [-0.3, -0.25) is 9.88 Å². The molecule has 1 aromatic carbocycles. The van der Waals surface area contributed by atoms with Crippen molar-refractivity contribution in [2.75, 3.05) is 37.6 Å². The minimum absolute atomic E-state index is 0.234. The molecule has 4 rings (SSSR count). The molecule has 158 valence electrons. The second-order valence-corrected chi connectivity index (χ2v) is 9.22. The maximum Gasteiger partial charge on any atom is 0.410 e. The fraction of sp³-hybridized carbons (Fsp3) is 0.522. The van der Waals surface area contributed by atoms with Crippen LogP contribution in [0.2, 0.25) is 0 Å². The lowest BCUT2D eigenvalue weighted by atomic mass is 10.0. The topological polar surface area (TPSA) is 72.7 Å². The molecule has 2 aliphatic rings. The van der Waals surface area contributed by atoms with Gasteiger partial charge in [0, 0.05) is 62.1 Å². The monoisotopic (exact) mass is 407 g/mol. The molecule has 2 aromatic rings. The first-order valence-corrected chi connectivity index (χ1v) is 10.5. The number of anilines is 1. The summed E-state index contributed by atoms with van der Waals surface area (Å²) in [4.78, 5) is 23.8. The van der Waals surface area contributed by atoms with Crippen molar-refractivity contribution in [2.45, 2.75) is 45.4 Å². The molecule has 2 fully saturated rings. The van der Waals surface area contributed by atoms with Gasteiger partial charge in [0.1, 0.15) is 11.7 Å². The van der Waals surface area contributed by atoms with Crippen molar-refractivity contribution >= 4 is 22.7 Å². The summed E-state index contributed by atoms with van der Waals surface area (Å²) in [5.74, 6) is 0. The molecule has 0 N–H and O–H groups in total. The third kappa shape index (κ3) is 3.92. The molecule has 0 radical (unpaired) electrons. The molecule has 7 nitrogen and oxygen atoms in total. The minimum Gasteiger partial charge on any atom is -0.444 e. The highest BCUT2D eigenvalue weighted by Gasteiger charge is 2.38. The van der Waals surface area contributed by atoms with E-state index in [0.29, 0.717) is 24.7 Å². The van der Waals surface area contributed by atoms with Gasteiger partial charge in [0.2, 0.25) is 0 Å². The van der Waals surface area contributed by atoms with Crippen LogP contribution in [0.3, 0.4) is 0 Å². The molecule has 0 aliphatic carbocycles. The van der Waals surface area contributed by atoms with E-state index in [-0.39, 0.29) is 12.1 Å². The summed E-state index contributed by atoms with van der Waals surface area (Å²) >= 11 is 0. The van der Waals surface area contributed by atoms with Crippen LogP contribution in [0.25, 0.3) is 10.9 Å². The fourth-order valence-electron chi connectivity index (χ4n) is 4.58. The number of nitriles is 1. The SMILES string of the molecule is C[C@H]1CN(c2ccc(C#N)c3ncccc23)C[C@H]2CN(C(=O)OC(C)(C)C)CCN21. The lowest BCUT2D eigenvalue weighted by molar-refractivity contribution is -0.00654. The largest absolute Gasteiger partial charge is 0.444 e. The molecule has 1 aromatic heterocycles. The molecule has 3 heterocycles. The van der Waals surface area contributed by atoms with Crippen molar-refractivity contribution in [3.8, 4) is 6.07 Å². The van der Waals surface area contributed by atoms with Crippen molar-refractivity contribution in [1.29, 1.82) is 5.26 Å². The van der Waals surface area contributed by atoms with Crippen LogP contribution in [0.5, 0.6) is 0 Å². The van der Waals surface area contributed by atoms with Crippen LogP contribution in [-0.2, 0) is 4.74 Å². The van der Waals surface area contributed by atoms with E-state index >= 15 is 0 Å². The predicted molar refractivity (Wildman–Crippen MR) is 116 cm³/mol. The zero-order valence-electron chi connectivity index (χ0n) is 18.1. The van der Waals surface area contributed by atoms with Crippen LogP contribution in [-0.4, -0.2) is 71.3 Å². The lowest BCUT2D eigenvalue weighted by Gasteiger charge is -2.51. The summed E-state index contributed by atoms with van der Waals surface area (Å²) in [6.45, 7) is 11.9. The number of benzene rings is 1.